The van der Waals surface area contributed by atoms with Gasteiger partial charge in [0, 0.05) is 4.47 Å². The SMILES string of the molecule is Cc1ccc(S(=O)(=O)N(Cc2ccco2)c2ccc(F)cc2)c(Br)c1. The Morgan fingerprint density at radius 1 is 1.12 bits per heavy atom. The van der Waals surface area contributed by atoms with Gasteiger partial charge >= 0.3 is 0 Å². The van der Waals surface area contributed by atoms with Crippen LogP contribution in [0.4, 0.5) is 10.1 Å². The summed E-state index contributed by atoms with van der Waals surface area (Å²) in [5, 5.41) is 0. The van der Waals surface area contributed by atoms with Crippen LogP contribution in [-0.4, -0.2) is 8.42 Å². The summed E-state index contributed by atoms with van der Waals surface area (Å²) in [6.45, 7) is 1.88. The Hall–Kier alpha value is -2.12. The Morgan fingerprint density at radius 3 is 2.44 bits per heavy atom. The molecule has 0 fully saturated rings. The quantitative estimate of drug-likeness (QED) is 0.587. The van der Waals surface area contributed by atoms with E-state index in [-0.39, 0.29) is 11.4 Å². The number of aryl methyl sites for hydroxylation is 1. The molecule has 0 spiro atoms. The van der Waals surface area contributed by atoms with E-state index in [1.165, 1.54) is 34.8 Å². The summed E-state index contributed by atoms with van der Waals surface area (Å²) >= 11 is 3.32. The first-order valence-electron chi connectivity index (χ1n) is 7.45. The monoisotopic (exact) mass is 423 g/mol. The summed E-state index contributed by atoms with van der Waals surface area (Å²) < 4.78 is 46.7. The van der Waals surface area contributed by atoms with Gasteiger partial charge < -0.3 is 4.42 Å². The number of halogens is 2. The molecule has 0 N–H and O–H groups in total. The van der Waals surface area contributed by atoms with Gasteiger partial charge in [0.05, 0.1) is 18.5 Å². The van der Waals surface area contributed by atoms with Crippen LogP contribution in [0.25, 0.3) is 0 Å². The lowest BCUT2D eigenvalue weighted by Crippen LogP contribution is -2.30. The highest BCUT2D eigenvalue weighted by Gasteiger charge is 2.28. The average molecular weight is 424 g/mol. The van der Waals surface area contributed by atoms with Gasteiger partial charge in [-0.05, 0) is 76.9 Å². The van der Waals surface area contributed by atoms with Gasteiger partial charge in [-0.1, -0.05) is 6.07 Å². The van der Waals surface area contributed by atoms with Gasteiger partial charge in [-0.25, -0.2) is 12.8 Å². The molecule has 1 heterocycles. The molecular formula is C18H15BrFNO3S. The predicted molar refractivity (Wildman–Crippen MR) is 97.4 cm³/mol. The van der Waals surface area contributed by atoms with E-state index in [2.05, 4.69) is 15.9 Å². The molecule has 3 aromatic rings. The smallest absolute Gasteiger partial charge is 0.265 e. The number of anilines is 1. The molecule has 0 amide bonds. The van der Waals surface area contributed by atoms with Crippen LogP contribution in [0.15, 0.2) is 74.6 Å². The molecule has 0 saturated carbocycles. The number of sulfonamides is 1. The molecule has 0 atom stereocenters. The van der Waals surface area contributed by atoms with Gasteiger partial charge in [0.2, 0.25) is 0 Å². The van der Waals surface area contributed by atoms with Gasteiger partial charge in [-0.2, -0.15) is 0 Å². The molecular weight excluding hydrogens is 409 g/mol. The predicted octanol–water partition coefficient (Wildman–Crippen LogP) is 4.89. The highest BCUT2D eigenvalue weighted by molar-refractivity contribution is 9.10. The van der Waals surface area contributed by atoms with Crippen molar-refractivity contribution in [2.24, 2.45) is 0 Å². The lowest BCUT2D eigenvalue weighted by Gasteiger charge is -2.24. The second-order valence-corrected chi connectivity index (χ2v) is 8.19. The number of hydrogen-bond donors (Lipinski definition) is 0. The minimum Gasteiger partial charge on any atom is -0.467 e. The van der Waals surface area contributed by atoms with Crippen LogP contribution >= 0.6 is 15.9 Å². The third kappa shape index (κ3) is 3.77. The maximum absolute atomic E-state index is 13.3. The minimum atomic E-state index is -3.89. The zero-order valence-electron chi connectivity index (χ0n) is 13.3. The number of furan rings is 1. The fraction of sp³-hybridized carbons (Fsp3) is 0.111. The Labute approximate surface area is 154 Å². The molecule has 7 heteroatoms. The first-order chi connectivity index (χ1) is 11.9. The van der Waals surface area contributed by atoms with Crippen molar-refractivity contribution >= 4 is 31.6 Å². The number of benzene rings is 2. The number of rotatable bonds is 5. The summed E-state index contributed by atoms with van der Waals surface area (Å²) in [5.74, 6) is 0.0479. The molecule has 0 radical (unpaired) electrons. The van der Waals surface area contributed by atoms with Crippen LogP contribution < -0.4 is 4.31 Å². The number of hydrogen-bond acceptors (Lipinski definition) is 3. The molecule has 3 rings (SSSR count). The largest absolute Gasteiger partial charge is 0.467 e. The van der Waals surface area contributed by atoms with E-state index in [0.29, 0.717) is 15.9 Å². The molecule has 1 aromatic heterocycles. The van der Waals surface area contributed by atoms with E-state index in [0.717, 1.165) is 5.56 Å². The molecule has 0 unspecified atom stereocenters. The summed E-state index contributed by atoms with van der Waals surface area (Å²) in [6.07, 6.45) is 1.48. The second-order valence-electron chi connectivity index (χ2n) is 5.50. The van der Waals surface area contributed by atoms with Crippen LogP contribution in [0.3, 0.4) is 0 Å². The van der Waals surface area contributed by atoms with Crippen LogP contribution in [0, 0.1) is 12.7 Å². The van der Waals surface area contributed by atoms with Crippen molar-refractivity contribution in [1.82, 2.24) is 0 Å². The maximum atomic E-state index is 13.3. The van der Waals surface area contributed by atoms with Crippen molar-refractivity contribution in [3.8, 4) is 0 Å². The fourth-order valence-electron chi connectivity index (χ4n) is 2.40. The highest BCUT2D eigenvalue weighted by Crippen LogP contribution is 2.31. The fourth-order valence-corrected chi connectivity index (χ4v) is 4.99. The minimum absolute atomic E-state index is 0.00127. The summed E-state index contributed by atoms with van der Waals surface area (Å²) in [6, 6.07) is 13.7. The topological polar surface area (TPSA) is 50.5 Å². The van der Waals surface area contributed by atoms with E-state index in [9.17, 15) is 12.8 Å². The molecule has 25 heavy (non-hydrogen) atoms. The standard InChI is InChI=1S/C18H15BrFNO3S/c1-13-4-9-18(17(19)11-13)25(22,23)21(12-16-3-2-10-24-16)15-7-5-14(20)6-8-15/h2-11H,12H2,1H3. The second kappa shape index (κ2) is 7.01. The lowest BCUT2D eigenvalue weighted by atomic mass is 10.2. The van der Waals surface area contributed by atoms with E-state index in [1.807, 2.05) is 6.92 Å². The summed E-state index contributed by atoms with van der Waals surface area (Å²) in [5.41, 5.74) is 1.29. The summed E-state index contributed by atoms with van der Waals surface area (Å²) in [7, 11) is -3.89. The van der Waals surface area contributed by atoms with Gasteiger partial charge in [0.25, 0.3) is 10.0 Å². The third-order valence-corrected chi connectivity index (χ3v) is 6.40. The zero-order chi connectivity index (χ0) is 18.0. The molecule has 2 aromatic carbocycles. The molecule has 0 saturated heterocycles. The zero-order valence-corrected chi connectivity index (χ0v) is 15.7. The molecule has 0 aliphatic carbocycles. The van der Waals surface area contributed by atoms with Crippen molar-refractivity contribution < 1.29 is 17.2 Å². The number of nitrogens with zero attached hydrogens (tertiary/aromatic N) is 1. The molecule has 0 aliphatic heterocycles. The Bertz CT molecular complexity index is 970. The molecule has 0 aliphatic rings. The van der Waals surface area contributed by atoms with Gasteiger partial charge in [0.1, 0.15) is 16.5 Å². The normalized spacial score (nSPS) is 11.5. The first-order valence-corrected chi connectivity index (χ1v) is 9.68. The first kappa shape index (κ1) is 17.7. The van der Waals surface area contributed by atoms with Crippen molar-refractivity contribution in [1.29, 1.82) is 0 Å². The van der Waals surface area contributed by atoms with Gasteiger partial charge in [0.15, 0.2) is 0 Å². The molecule has 4 nitrogen and oxygen atoms in total. The third-order valence-electron chi connectivity index (χ3n) is 3.65. The lowest BCUT2D eigenvalue weighted by molar-refractivity contribution is 0.508. The van der Waals surface area contributed by atoms with E-state index >= 15 is 0 Å². The Morgan fingerprint density at radius 2 is 1.84 bits per heavy atom. The summed E-state index contributed by atoms with van der Waals surface area (Å²) in [4.78, 5) is 0.133. The van der Waals surface area contributed by atoms with E-state index in [4.69, 9.17) is 4.42 Å². The van der Waals surface area contributed by atoms with Gasteiger partial charge in [-0.3, -0.25) is 4.31 Å². The highest BCUT2D eigenvalue weighted by atomic mass is 79.9. The van der Waals surface area contributed by atoms with Crippen molar-refractivity contribution in [2.45, 2.75) is 18.4 Å². The molecule has 0 bridgehead atoms. The van der Waals surface area contributed by atoms with Crippen LogP contribution in [-0.2, 0) is 16.6 Å². The Balaban J connectivity index is 2.10. The van der Waals surface area contributed by atoms with Crippen LogP contribution in [0.1, 0.15) is 11.3 Å². The van der Waals surface area contributed by atoms with Gasteiger partial charge in [-0.15, -0.1) is 0 Å². The average Bonchev–Trinajstić information content (AvgIpc) is 3.06. The van der Waals surface area contributed by atoms with Crippen LogP contribution in [0.2, 0.25) is 0 Å². The molecule has 130 valence electrons. The van der Waals surface area contributed by atoms with Crippen LogP contribution in [0.5, 0.6) is 0 Å². The van der Waals surface area contributed by atoms with Crippen molar-refractivity contribution in [3.63, 3.8) is 0 Å². The van der Waals surface area contributed by atoms with E-state index < -0.39 is 15.8 Å². The maximum Gasteiger partial charge on any atom is 0.265 e. The van der Waals surface area contributed by atoms with E-state index in [1.54, 1.807) is 30.3 Å². The Kier molecular flexibility index (Phi) is 4.96. The van der Waals surface area contributed by atoms with Crippen molar-refractivity contribution in [3.05, 3.63) is 82.5 Å². The van der Waals surface area contributed by atoms with Crippen molar-refractivity contribution in [2.75, 3.05) is 4.31 Å².